The Kier molecular flexibility index (Phi) is 7.14. The van der Waals surface area contributed by atoms with Crippen molar-refractivity contribution < 1.29 is 14.3 Å². The molecule has 10 heteroatoms. The van der Waals surface area contributed by atoms with Gasteiger partial charge in [-0.2, -0.15) is 5.10 Å². The number of pyridine rings is 1. The van der Waals surface area contributed by atoms with Gasteiger partial charge in [0.2, 0.25) is 0 Å². The molecular formula is C28H37N7O3. The van der Waals surface area contributed by atoms with Crippen LogP contribution in [-0.2, 0) is 11.8 Å². The van der Waals surface area contributed by atoms with Gasteiger partial charge < -0.3 is 25.2 Å². The van der Waals surface area contributed by atoms with Crippen LogP contribution in [0.3, 0.4) is 0 Å². The number of anilines is 3. The minimum atomic E-state index is -0.541. The molecule has 202 valence electrons. The van der Waals surface area contributed by atoms with E-state index in [0.29, 0.717) is 18.1 Å². The molecule has 4 heterocycles. The zero-order valence-corrected chi connectivity index (χ0v) is 22.7. The van der Waals surface area contributed by atoms with E-state index in [-0.39, 0.29) is 11.9 Å². The number of piperidine rings is 1. The molecule has 5 rings (SSSR count). The summed E-state index contributed by atoms with van der Waals surface area (Å²) in [6, 6.07) is 9.51. The van der Waals surface area contributed by atoms with E-state index in [9.17, 15) is 9.59 Å². The van der Waals surface area contributed by atoms with Crippen molar-refractivity contribution in [3.63, 3.8) is 0 Å². The van der Waals surface area contributed by atoms with Gasteiger partial charge in [0.25, 0.3) is 5.91 Å². The van der Waals surface area contributed by atoms with Crippen LogP contribution >= 0.6 is 0 Å². The molecule has 38 heavy (non-hydrogen) atoms. The van der Waals surface area contributed by atoms with Crippen molar-refractivity contribution >= 4 is 40.1 Å². The molecule has 1 atom stereocenters. The lowest BCUT2D eigenvalue weighted by Gasteiger charge is -2.30. The summed E-state index contributed by atoms with van der Waals surface area (Å²) in [6.07, 6.45) is 5.82. The van der Waals surface area contributed by atoms with Gasteiger partial charge in [0, 0.05) is 44.8 Å². The van der Waals surface area contributed by atoms with Crippen LogP contribution in [0, 0.1) is 0 Å². The second-order valence-corrected chi connectivity index (χ2v) is 11.2. The molecule has 1 aromatic carbocycles. The van der Waals surface area contributed by atoms with Crippen molar-refractivity contribution in [1.82, 2.24) is 20.1 Å². The fraction of sp³-hybridized carbons (Fsp3) is 0.500. The van der Waals surface area contributed by atoms with E-state index in [1.807, 2.05) is 52.2 Å². The summed E-state index contributed by atoms with van der Waals surface area (Å²) in [7, 11) is 1.90. The van der Waals surface area contributed by atoms with Crippen molar-refractivity contribution in [3.8, 4) is 0 Å². The molecule has 0 saturated carbocycles. The standard InChI is InChI=1S/C28H37N7O3/c1-28(2,3)38-27(37)29-20-11-14-35(18-20)25-10-8-9-21(30-25)26(36)31-23-15-19-17-33(4)32-22(19)16-24(23)34-12-6-5-7-13-34/h8-10,15-17,20H,5-7,11-14,18H2,1-4H3,(H,29,37)(H,31,36)/t20-/m0/s1. The molecule has 0 radical (unpaired) electrons. The third-order valence-electron chi connectivity index (χ3n) is 6.88. The zero-order valence-electron chi connectivity index (χ0n) is 22.7. The summed E-state index contributed by atoms with van der Waals surface area (Å²) in [4.78, 5) is 34.7. The lowest BCUT2D eigenvalue weighted by atomic mass is 10.1. The van der Waals surface area contributed by atoms with Crippen molar-refractivity contribution in [2.45, 2.75) is 58.1 Å². The van der Waals surface area contributed by atoms with Crippen LogP contribution in [0.5, 0.6) is 0 Å². The lowest BCUT2D eigenvalue weighted by Crippen LogP contribution is -2.40. The average molecular weight is 520 g/mol. The van der Waals surface area contributed by atoms with Crippen LogP contribution in [0.1, 0.15) is 56.9 Å². The Balaban J connectivity index is 1.30. The maximum absolute atomic E-state index is 13.4. The van der Waals surface area contributed by atoms with Crippen LogP contribution in [0.4, 0.5) is 22.0 Å². The minimum Gasteiger partial charge on any atom is -0.444 e. The summed E-state index contributed by atoms with van der Waals surface area (Å²) in [5.41, 5.74) is 2.49. The van der Waals surface area contributed by atoms with Gasteiger partial charge in [-0.05, 0) is 70.7 Å². The molecule has 0 unspecified atom stereocenters. The molecule has 2 fully saturated rings. The molecule has 2 saturated heterocycles. The molecule has 0 aliphatic carbocycles. The van der Waals surface area contributed by atoms with Crippen LogP contribution in [0.25, 0.3) is 10.9 Å². The smallest absolute Gasteiger partial charge is 0.407 e. The molecule has 2 aliphatic rings. The predicted molar refractivity (Wildman–Crippen MR) is 149 cm³/mol. The number of nitrogens with zero attached hydrogens (tertiary/aromatic N) is 5. The first-order valence-corrected chi connectivity index (χ1v) is 13.4. The first-order chi connectivity index (χ1) is 18.1. The molecule has 10 nitrogen and oxygen atoms in total. The number of nitrogens with one attached hydrogen (secondary N) is 2. The van der Waals surface area contributed by atoms with E-state index >= 15 is 0 Å². The van der Waals surface area contributed by atoms with E-state index in [1.165, 1.54) is 6.42 Å². The highest BCUT2D eigenvalue weighted by Crippen LogP contribution is 2.33. The third-order valence-corrected chi connectivity index (χ3v) is 6.88. The van der Waals surface area contributed by atoms with E-state index < -0.39 is 11.7 Å². The summed E-state index contributed by atoms with van der Waals surface area (Å²) in [5, 5.41) is 11.6. The second-order valence-electron chi connectivity index (χ2n) is 11.2. The Morgan fingerprint density at radius 2 is 1.84 bits per heavy atom. The number of hydrogen-bond donors (Lipinski definition) is 2. The number of aromatic nitrogens is 3. The Bertz CT molecular complexity index is 1320. The largest absolute Gasteiger partial charge is 0.444 e. The average Bonchev–Trinajstić information content (AvgIpc) is 3.48. The van der Waals surface area contributed by atoms with Gasteiger partial charge in [0.15, 0.2) is 0 Å². The van der Waals surface area contributed by atoms with Crippen molar-refractivity contribution in [1.29, 1.82) is 0 Å². The van der Waals surface area contributed by atoms with Crippen LogP contribution in [0.15, 0.2) is 36.5 Å². The van der Waals surface area contributed by atoms with Gasteiger partial charge in [0.05, 0.1) is 22.9 Å². The summed E-state index contributed by atoms with van der Waals surface area (Å²) < 4.78 is 7.18. The lowest BCUT2D eigenvalue weighted by molar-refractivity contribution is 0.0509. The number of carbonyl (C=O) groups is 2. The number of ether oxygens (including phenoxy) is 1. The number of aryl methyl sites for hydroxylation is 1. The third kappa shape index (κ3) is 6.00. The van der Waals surface area contributed by atoms with Crippen LogP contribution in [-0.4, -0.2) is 64.6 Å². The van der Waals surface area contributed by atoms with Crippen LogP contribution < -0.4 is 20.4 Å². The number of hydrogen-bond acceptors (Lipinski definition) is 7. The van der Waals surface area contributed by atoms with Gasteiger partial charge in [-0.1, -0.05) is 6.07 Å². The van der Waals surface area contributed by atoms with Crippen molar-refractivity contribution in [3.05, 3.63) is 42.2 Å². The second kappa shape index (κ2) is 10.5. The quantitative estimate of drug-likeness (QED) is 0.517. The van der Waals surface area contributed by atoms with Gasteiger partial charge in [-0.3, -0.25) is 9.48 Å². The molecule has 2 aromatic heterocycles. The summed E-state index contributed by atoms with van der Waals surface area (Å²) in [5.74, 6) is 0.459. The van der Waals surface area contributed by atoms with Crippen LogP contribution in [0.2, 0.25) is 0 Å². The monoisotopic (exact) mass is 519 g/mol. The summed E-state index contributed by atoms with van der Waals surface area (Å²) in [6.45, 7) is 8.79. The van der Waals surface area contributed by atoms with Crippen molar-refractivity contribution in [2.75, 3.05) is 41.3 Å². The Morgan fingerprint density at radius 1 is 1.05 bits per heavy atom. The molecule has 2 amide bonds. The van der Waals surface area contributed by atoms with Gasteiger partial charge in [0.1, 0.15) is 17.1 Å². The Morgan fingerprint density at radius 3 is 2.61 bits per heavy atom. The summed E-state index contributed by atoms with van der Waals surface area (Å²) >= 11 is 0. The number of fused-ring (bicyclic) bond motifs is 1. The number of alkyl carbamates (subject to hydrolysis) is 1. The normalized spacial score (nSPS) is 18.1. The van der Waals surface area contributed by atoms with E-state index in [1.54, 1.807) is 10.7 Å². The number of carbonyl (C=O) groups excluding carboxylic acids is 2. The first kappa shape index (κ1) is 25.8. The highest BCUT2D eigenvalue weighted by Gasteiger charge is 2.27. The molecule has 3 aromatic rings. The number of amides is 2. The Hall–Kier alpha value is -3.82. The van der Waals surface area contributed by atoms with Gasteiger partial charge >= 0.3 is 6.09 Å². The maximum Gasteiger partial charge on any atom is 0.407 e. The number of benzene rings is 1. The highest BCUT2D eigenvalue weighted by atomic mass is 16.6. The molecule has 2 N–H and O–H groups in total. The minimum absolute atomic E-state index is 0.0394. The van der Waals surface area contributed by atoms with Crippen molar-refractivity contribution in [2.24, 2.45) is 7.05 Å². The topological polar surface area (TPSA) is 105 Å². The van der Waals surface area contributed by atoms with Gasteiger partial charge in [-0.25, -0.2) is 9.78 Å². The van der Waals surface area contributed by atoms with E-state index in [0.717, 1.165) is 61.2 Å². The predicted octanol–water partition coefficient (Wildman–Crippen LogP) is 4.31. The Labute approximate surface area is 223 Å². The molecule has 0 spiro atoms. The maximum atomic E-state index is 13.4. The fourth-order valence-electron chi connectivity index (χ4n) is 5.15. The van der Waals surface area contributed by atoms with E-state index in [2.05, 4.69) is 36.6 Å². The fourth-order valence-corrected chi connectivity index (χ4v) is 5.15. The highest BCUT2D eigenvalue weighted by molar-refractivity contribution is 6.06. The molecule has 0 bridgehead atoms. The first-order valence-electron chi connectivity index (χ1n) is 13.4. The molecular weight excluding hydrogens is 482 g/mol. The van der Waals surface area contributed by atoms with Gasteiger partial charge in [-0.15, -0.1) is 0 Å². The number of rotatable bonds is 5. The zero-order chi connectivity index (χ0) is 26.9. The molecule has 2 aliphatic heterocycles. The van der Waals surface area contributed by atoms with E-state index in [4.69, 9.17) is 4.74 Å². The SMILES string of the molecule is Cn1cc2cc(NC(=O)c3cccc(N4CC[C@H](NC(=O)OC(C)(C)C)C4)n3)c(N3CCCCC3)cc2n1.